The molecule has 3 heteroatoms. The maximum absolute atomic E-state index is 5.95. The van der Waals surface area contributed by atoms with Crippen molar-refractivity contribution in [3.05, 3.63) is 29.3 Å². The van der Waals surface area contributed by atoms with E-state index in [-0.39, 0.29) is 0 Å². The van der Waals surface area contributed by atoms with Gasteiger partial charge in [0.2, 0.25) is 0 Å². The molecule has 0 aliphatic carbocycles. The van der Waals surface area contributed by atoms with Crippen LogP contribution >= 0.6 is 0 Å². The quantitative estimate of drug-likeness (QED) is 0.884. The Kier molecular flexibility index (Phi) is 4.48. The number of hydrogen-bond acceptors (Lipinski definition) is 3. The molecule has 0 saturated carbocycles. The minimum absolute atomic E-state index is 0.449. The molecule has 19 heavy (non-hydrogen) atoms. The summed E-state index contributed by atoms with van der Waals surface area (Å²) in [6, 6.07) is 7.04. The van der Waals surface area contributed by atoms with E-state index in [1.807, 2.05) is 0 Å². The fourth-order valence-corrected chi connectivity index (χ4v) is 3.07. The van der Waals surface area contributed by atoms with E-state index in [4.69, 9.17) is 5.73 Å². The molecular weight excluding hydrogens is 234 g/mol. The Morgan fingerprint density at radius 2 is 1.95 bits per heavy atom. The highest BCUT2D eigenvalue weighted by Gasteiger charge is 2.25. The summed E-state index contributed by atoms with van der Waals surface area (Å²) in [5.74, 6) is 0.668. The topological polar surface area (TPSA) is 32.5 Å². The lowest BCUT2D eigenvalue weighted by atomic mass is 10.1. The van der Waals surface area contributed by atoms with Gasteiger partial charge in [0.05, 0.1) is 0 Å². The van der Waals surface area contributed by atoms with Gasteiger partial charge in [-0.1, -0.05) is 19.1 Å². The number of nitrogens with zero attached hydrogens (tertiary/aromatic N) is 2. The second-order valence-electron chi connectivity index (χ2n) is 6.06. The molecule has 0 spiro atoms. The molecule has 0 aromatic heterocycles. The Labute approximate surface area is 117 Å². The van der Waals surface area contributed by atoms with Gasteiger partial charge in [-0.2, -0.15) is 0 Å². The second-order valence-corrected chi connectivity index (χ2v) is 6.06. The number of rotatable bonds is 2. The lowest BCUT2D eigenvalue weighted by Gasteiger charge is -2.30. The summed E-state index contributed by atoms with van der Waals surface area (Å²) in [4.78, 5) is 4.93. The van der Waals surface area contributed by atoms with Gasteiger partial charge in [0.1, 0.15) is 0 Å². The van der Waals surface area contributed by atoms with Crippen LogP contribution in [0.3, 0.4) is 0 Å². The van der Waals surface area contributed by atoms with Gasteiger partial charge in [-0.05, 0) is 44.0 Å². The number of nitrogens with two attached hydrogens (primary N) is 1. The summed E-state index contributed by atoms with van der Waals surface area (Å²) in [5.41, 5.74) is 10.1. The third-order valence-electron chi connectivity index (χ3n) is 4.38. The van der Waals surface area contributed by atoms with Crippen LogP contribution in [-0.4, -0.2) is 44.2 Å². The lowest BCUT2D eigenvalue weighted by Crippen LogP contribution is -2.44. The molecule has 1 fully saturated rings. The van der Waals surface area contributed by atoms with Crippen LogP contribution in [0, 0.1) is 19.8 Å². The fourth-order valence-electron chi connectivity index (χ4n) is 3.07. The van der Waals surface area contributed by atoms with Gasteiger partial charge >= 0.3 is 0 Å². The van der Waals surface area contributed by atoms with Crippen molar-refractivity contribution in [1.82, 2.24) is 4.90 Å². The summed E-state index contributed by atoms with van der Waals surface area (Å²) < 4.78 is 0. The van der Waals surface area contributed by atoms with Crippen LogP contribution in [0.25, 0.3) is 0 Å². The summed E-state index contributed by atoms with van der Waals surface area (Å²) in [6.07, 6.45) is 0. The van der Waals surface area contributed by atoms with E-state index in [0.717, 1.165) is 26.2 Å². The maximum Gasteiger partial charge on any atom is 0.0399 e. The second kappa shape index (κ2) is 5.93. The summed E-state index contributed by atoms with van der Waals surface area (Å²) >= 11 is 0. The number of hydrogen-bond donors (Lipinski definition) is 1. The van der Waals surface area contributed by atoms with E-state index in [9.17, 15) is 0 Å². The Balaban J connectivity index is 2.29. The zero-order valence-electron chi connectivity index (χ0n) is 12.7. The first-order valence-corrected chi connectivity index (χ1v) is 7.24. The molecule has 2 rings (SSSR count). The average molecular weight is 261 g/mol. The molecule has 1 aliphatic rings. The van der Waals surface area contributed by atoms with Crippen molar-refractivity contribution < 1.29 is 0 Å². The van der Waals surface area contributed by atoms with Crippen molar-refractivity contribution in [1.29, 1.82) is 0 Å². The minimum Gasteiger partial charge on any atom is -0.369 e. The van der Waals surface area contributed by atoms with E-state index in [1.165, 1.54) is 16.8 Å². The first-order chi connectivity index (χ1) is 9.02. The number of anilines is 1. The van der Waals surface area contributed by atoms with Crippen molar-refractivity contribution in [2.24, 2.45) is 11.7 Å². The van der Waals surface area contributed by atoms with Crippen molar-refractivity contribution in [2.75, 3.05) is 38.1 Å². The predicted molar refractivity (Wildman–Crippen MR) is 82.8 cm³/mol. The standard InChI is InChI=1S/C16H27N3/c1-12-9-18(4)15(8-17)11-19(10-12)16-7-5-6-13(2)14(16)3/h5-7,12,15H,8-11,17H2,1-4H3. The molecule has 2 unspecified atom stereocenters. The van der Waals surface area contributed by atoms with Gasteiger partial charge in [0.15, 0.2) is 0 Å². The van der Waals surface area contributed by atoms with Crippen LogP contribution < -0.4 is 10.6 Å². The molecule has 0 amide bonds. The Bertz CT molecular complexity index is 430. The summed E-state index contributed by atoms with van der Waals surface area (Å²) in [5, 5.41) is 0. The normalized spacial score (nSPS) is 25.4. The first kappa shape index (κ1) is 14.4. The molecular formula is C16H27N3. The predicted octanol–water partition coefficient (Wildman–Crippen LogP) is 2.02. The van der Waals surface area contributed by atoms with Crippen LogP contribution in [0.15, 0.2) is 18.2 Å². The molecule has 0 radical (unpaired) electrons. The molecule has 1 aromatic carbocycles. The summed E-state index contributed by atoms with van der Waals surface area (Å²) in [6.45, 7) is 10.7. The van der Waals surface area contributed by atoms with Crippen LogP contribution in [-0.2, 0) is 0 Å². The van der Waals surface area contributed by atoms with Crippen molar-refractivity contribution in [2.45, 2.75) is 26.8 Å². The smallest absolute Gasteiger partial charge is 0.0399 e. The number of likely N-dealkylation sites (N-methyl/N-ethyl adjacent to an activating group) is 1. The first-order valence-electron chi connectivity index (χ1n) is 7.24. The van der Waals surface area contributed by atoms with E-state index < -0.39 is 0 Å². The zero-order valence-corrected chi connectivity index (χ0v) is 12.7. The molecule has 1 heterocycles. The number of aryl methyl sites for hydroxylation is 1. The van der Waals surface area contributed by atoms with Crippen LogP contribution in [0.1, 0.15) is 18.1 Å². The van der Waals surface area contributed by atoms with Crippen molar-refractivity contribution in [3.63, 3.8) is 0 Å². The van der Waals surface area contributed by atoms with Gasteiger partial charge in [-0.25, -0.2) is 0 Å². The zero-order chi connectivity index (χ0) is 14.0. The highest BCUT2D eigenvalue weighted by Crippen LogP contribution is 2.26. The Hall–Kier alpha value is -1.06. The lowest BCUT2D eigenvalue weighted by molar-refractivity contribution is 0.244. The molecule has 0 bridgehead atoms. The average Bonchev–Trinajstić information content (AvgIpc) is 2.51. The summed E-state index contributed by atoms with van der Waals surface area (Å²) in [7, 11) is 2.20. The highest BCUT2D eigenvalue weighted by molar-refractivity contribution is 5.56. The van der Waals surface area contributed by atoms with E-state index in [1.54, 1.807) is 0 Å². The fraction of sp³-hybridized carbons (Fsp3) is 0.625. The van der Waals surface area contributed by atoms with Crippen LogP contribution in [0.2, 0.25) is 0 Å². The van der Waals surface area contributed by atoms with Crippen molar-refractivity contribution >= 4 is 5.69 Å². The van der Waals surface area contributed by atoms with E-state index in [0.29, 0.717) is 12.0 Å². The molecule has 106 valence electrons. The van der Waals surface area contributed by atoms with Gasteiger partial charge in [0, 0.05) is 37.9 Å². The molecule has 2 atom stereocenters. The maximum atomic E-state index is 5.95. The van der Waals surface area contributed by atoms with Crippen molar-refractivity contribution in [3.8, 4) is 0 Å². The molecule has 3 nitrogen and oxygen atoms in total. The van der Waals surface area contributed by atoms with E-state index >= 15 is 0 Å². The third-order valence-corrected chi connectivity index (χ3v) is 4.38. The molecule has 1 aromatic rings. The molecule has 1 aliphatic heterocycles. The van der Waals surface area contributed by atoms with Gasteiger partial charge < -0.3 is 15.5 Å². The van der Waals surface area contributed by atoms with Gasteiger partial charge in [-0.15, -0.1) is 0 Å². The Morgan fingerprint density at radius 1 is 1.21 bits per heavy atom. The van der Waals surface area contributed by atoms with Crippen LogP contribution in [0.5, 0.6) is 0 Å². The molecule has 2 N–H and O–H groups in total. The number of benzene rings is 1. The van der Waals surface area contributed by atoms with E-state index in [2.05, 4.69) is 55.8 Å². The Morgan fingerprint density at radius 3 is 2.63 bits per heavy atom. The minimum atomic E-state index is 0.449. The third kappa shape index (κ3) is 3.10. The largest absolute Gasteiger partial charge is 0.369 e. The SMILES string of the molecule is Cc1cccc(N2CC(C)CN(C)C(CN)C2)c1C. The molecule has 1 saturated heterocycles. The monoisotopic (exact) mass is 261 g/mol. The van der Waals surface area contributed by atoms with Gasteiger partial charge in [0.25, 0.3) is 0 Å². The highest BCUT2D eigenvalue weighted by atomic mass is 15.2. The van der Waals surface area contributed by atoms with Gasteiger partial charge in [-0.3, -0.25) is 0 Å². The van der Waals surface area contributed by atoms with Crippen LogP contribution in [0.4, 0.5) is 5.69 Å².